The van der Waals surface area contributed by atoms with Gasteiger partial charge in [0.15, 0.2) is 5.75 Å². The Hall–Kier alpha value is -1.37. The fourth-order valence-electron chi connectivity index (χ4n) is 1.43. The van der Waals surface area contributed by atoms with E-state index in [-0.39, 0.29) is 21.5 Å². The molecule has 0 saturated carbocycles. The molecular formula is C12H7BrCl2N2O3. The lowest BCUT2D eigenvalue weighted by Crippen LogP contribution is -1.94. The summed E-state index contributed by atoms with van der Waals surface area (Å²) in [5, 5.41) is 10.8. The van der Waals surface area contributed by atoms with Gasteiger partial charge >= 0.3 is 0 Å². The van der Waals surface area contributed by atoms with Crippen LogP contribution in [0.2, 0.25) is 10.0 Å². The molecule has 0 aliphatic heterocycles. The number of rotatable bonds is 3. The molecule has 1 heterocycles. The van der Waals surface area contributed by atoms with Crippen molar-refractivity contribution in [2.24, 2.45) is 0 Å². The molecule has 0 N–H and O–H groups in total. The molecular weight excluding hydrogens is 371 g/mol. The van der Waals surface area contributed by atoms with Crippen molar-refractivity contribution in [2.45, 2.75) is 6.92 Å². The summed E-state index contributed by atoms with van der Waals surface area (Å²) in [6.07, 6.45) is 0. The summed E-state index contributed by atoms with van der Waals surface area (Å²) < 4.78 is 6.33. The molecule has 1 aromatic heterocycles. The van der Waals surface area contributed by atoms with Gasteiger partial charge in [-0.1, -0.05) is 23.2 Å². The number of hydrogen-bond donors (Lipinski definition) is 0. The Labute approximate surface area is 132 Å². The molecule has 8 heteroatoms. The van der Waals surface area contributed by atoms with Crippen LogP contribution in [0.5, 0.6) is 11.6 Å². The second-order valence-corrected chi connectivity index (χ2v) is 5.48. The van der Waals surface area contributed by atoms with Crippen molar-refractivity contribution in [3.8, 4) is 11.6 Å². The van der Waals surface area contributed by atoms with Gasteiger partial charge in [-0.15, -0.1) is 0 Å². The predicted octanol–water partition coefficient (Wildman–Crippen LogP) is 5.16. The van der Waals surface area contributed by atoms with Crippen LogP contribution in [0.15, 0.2) is 28.7 Å². The number of ether oxygens (including phenoxy) is 1. The summed E-state index contributed by atoms with van der Waals surface area (Å²) in [7, 11) is 0. The smallest absolute Gasteiger partial charge is 0.272 e. The standard InChI is InChI=1S/C12H7BrCl2N2O3/c1-6-8(13)2-3-11(16-6)20-12-9(14)4-7(17(18)19)5-10(12)15/h2-5H,1H3. The summed E-state index contributed by atoms with van der Waals surface area (Å²) in [6, 6.07) is 5.75. The van der Waals surface area contributed by atoms with Gasteiger partial charge in [0.1, 0.15) is 0 Å². The van der Waals surface area contributed by atoms with Crippen molar-refractivity contribution in [3.63, 3.8) is 0 Å². The summed E-state index contributed by atoms with van der Waals surface area (Å²) in [5.41, 5.74) is 0.531. The third-order valence-electron chi connectivity index (χ3n) is 2.40. The van der Waals surface area contributed by atoms with Crippen molar-refractivity contribution in [1.29, 1.82) is 0 Å². The van der Waals surface area contributed by atoms with Gasteiger partial charge in [-0.25, -0.2) is 4.98 Å². The zero-order chi connectivity index (χ0) is 14.9. The van der Waals surface area contributed by atoms with Crippen molar-refractivity contribution in [1.82, 2.24) is 4.98 Å². The van der Waals surface area contributed by atoms with Gasteiger partial charge in [0.05, 0.1) is 20.7 Å². The zero-order valence-electron chi connectivity index (χ0n) is 10.1. The monoisotopic (exact) mass is 376 g/mol. The van der Waals surface area contributed by atoms with E-state index in [1.807, 2.05) is 0 Å². The maximum Gasteiger partial charge on any atom is 0.272 e. The van der Waals surface area contributed by atoms with Crippen LogP contribution in [-0.4, -0.2) is 9.91 Å². The molecule has 0 fully saturated rings. The van der Waals surface area contributed by atoms with Gasteiger partial charge in [0.25, 0.3) is 5.69 Å². The Morgan fingerprint density at radius 2 is 1.90 bits per heavy atom. The summed E-state index contributed by atoms with van der Waals surface area (Å²) >= 11 is 15.2. The first-order valence-corrected chi connectivity index (χ1v) is 6.88. The van der Waals surface area contributed by atoms with Crippen molar-refractivity contribution < 1.29 is 9.66 Å². The Bertz CT molecular complexity index is 671. The highest BCUT2D eigenvalue weighted by Gasteiger charge is 2.17. The molecule has 0 saturated heterocycles. The molecule has 0 radical (unpaired) electrons. The van der Waals surface area contributed by atoms with Crippen molar-refractivity contribution in [3.05, 3.63) is 54.6 Å². The number of nitro benzene ring substituents is 1. The van der Waals surface area contributed by atoms with Crippen LogP contribution in [0, 0.1) is 17.0 Å². The van der Waals surface area contributed by atoms with E-state index in [1.165, 1.54) is 12.1 Å². The molecule has 104 valence electrons. The fraction of sp³-hybridized carbons (Fsp3) is 0.0833. The van der Waals surface area contributed by atoms with Crippen LogP contribution in [0.25, 0.3) is 0 Å². The molecule has 0 amide bonds. The molecule has 0 aliphatic carbocycles. The topological polar surface area (TPSA) is 65.3 Å². The van der Waals surface area contributed by atoms with Crippen LogP contribution in [0.1, 0.15) is 5.69 Å². The summed E-state index contributed by atoms with van der Waals surface area (Å²) in [4.78, 5) is 14.3. The number of non-ortho nitro benzene ring substituents is 1. The minimum absolute atomic E-state index is 0.0478. The number of nitro groups is 1. The van der Waals surface area contributed by atoms with Gasteiger partial charge in [-0.05, 0) is 28.9 Å². The molecule has 20 heavy (non-hydrogen) atoms. The average Bonchev–Trinajstić information content (AvgIpc) is 2.37. The van der Waals surface area contributed by atoms with Crippen LogP contribution < -0.4 is 4.74 Å². The lowest BCUT2D eigenvalue weighted by Gasteiger charge is -2.09. The largest absolute Gasteiger partial charge is 0.436 e. The first-order chi connectivity index (χ1) is 9.38. The van der Waals surface area contributed by atoms with Gasteiger partial charge < -0.3 is 4.74 Å². The Balaban J connectivity index is 2.38. The van der Waals surface area contributed by atoms with E-state index in [9.17, 15) is 10.1 Å². The second-order valence-electron chi connectivity index (χ2n) is 3.81. The SMILES string of the molecule is Cc1nc(Oc2c(Cl)cc([N+](=O)[O-])cc2Cl)ccc1Br. The van der Waals surface area contributed by atoms with Crippen LogP contribution in [-0.2, 0) is 0 Å². The van der Waals surface area contributed by atoms with Crippen LogP contribution >= 0.6 is 39.1 Å². The van der Waals surface area contributed by atoms with Gasteiger partial charge in [0.2, 0.25) is 5.88 Å². The fourth-order valence-corrected chi connectivity index (χ4v) is 2.21. The molecule has 0 atom stereocenters. The molecule has 2 aromatic rings. The third kappa shape index (κ3) is 3.20. The highest BCUT2D eigenvalue weighted by Crippen LogP contribution is 2.39. The maximum absolute atomic E-state index is 10.7. The highest BCUT2D eigenvalue weighted by molar-refractivity contribution is 9.10. The van der Waals surface area contributed by atoms with E-state index in [2.05, 4.69) is 20.9 Å². The number of nitrogens with zero attached hydrogens (tertiary/aromatic N) is 2. The molecule has 0 unspecified atom stereocenters. The molecule has 0 spiro atoms. The zero-order valence-corrected chi connectivity index (χ0v) is 13.2. The minimum atomic E-state index is -0.580. The van der Waals surface area contributed by atoms with Crippen LogP contribution in [0.3, 0.4) is 0 Å². The molecule has 0 bridgehead atoms. The normalized spacial score (nSPS) is 10.4. The summed E-state index contributed by atoms with van der Waals surface area (Å²) in [5.74, 6) is 0.427. The van der Waals surface area contributed by atoms with E-state index in [4.69, 9.17) is 27.9 Å². The Morgan fingerprint density at radius 1 is 1.30 bits per heavy atom. The number of aryl methyl sites for hydroxylation is 1. The van der Waals surface area contributed by atoms with Gasteiger partial charge in [0, 0.05) is 22.7 Å². The summed E-state index contributed by atoms with van der Waals surface area (Å²) in [6.45, 7) is 1.80. The molecule has 0 aliphatic rings. The number of benzene rings is 1. The predicted molar refractivity (Wildman–Crippen MR) is 79.9 cm³/mol. The molecule has 5 nitrogen and oxygen atoms in total. The van der Waals surface area contributed by atoms with E-state index >= 15 is 0 Å². The minimum Gasteiger partial charge on any atom is -0.436 e. The van der Waals surface area contributed by atoms with Gasteiger partial charge in [-0.2, -0.15) is 0 Å². The number of halogens is 3. The first kappa shape index (κ1) is 15.0. The van der Waals surface area contributed by atoms with E-state index in [1.54, 1.807) is 19.1 Å². The number of pyridine rings is 1. The average molecular weight is 378 g/mol. The van der Waals surface area contributed by atoms with E-state index in [0.717, 1.165) is 10.2 Å². The quantitative estimate of drug-likeness (QED) is 0.547. The molecule has 1 aromatic carbocycles. The van der Waals surface area contributed by atoms with Crippen LogP contribution in [0.4, 0.5) is 5.69 Å². The molecule has 2 rings (SSSR count). The lowest BCUT2D eigenvalue weighted by molar-refractivity contribution is -0.384. The Morgan fingerprint density at radius 3 is 2.40 bits per heavy atom. The van der Waals surface area contributed by atoms with E-state index in [0.29, 0.717) is 5.88 Å². The lowest BCUT2D eigenvalue weighted by atomic mass is 10.3. The third-order valence-corrected chi connectivity index (χ3v) is 3.80. The van der Waals surface area contributed by atoms with Crippen molar-refractivity contribution >= 4 is 44.8 Å². The highest BCUT2D eigenvalue weighted by atomic mass is 79.9. The number of aromatic nitrogens is 1. The second kappa shape index (κ2) is 5.95. The Kier molecular flexibility index (Phi) is 4.47. The first-order valence-electron chi connectivity index (χ1n) is 5.33. The van der Waals surface area contributed by atoms with Crippen molar-refractivity contribution in [2.75, 3.05) is 0 Å². The van der Waals surface area contributed by atoms with E-state index < -0.39 is 4.92 Å². The maximum atomic E-state index is 10.7. The van der Waals surface area contributed by atoms with Gasteiger partial charge in [-0.3, -0.25) is 10.1 Å². The number of hydrogen-bond acceptors (Lipinski definition) is 4.